The summed E-state index contributed by atoms with van der Waals surface area (Å²) >= 11 is 0. The van der Waals surface area contributed by atoms with Crippen molar-refractivity contribution in [2.24, 2.45) is 0 Å². The molecule has 1 fully saturated rings. The van der Waals surface area contributed by atoms with Crippen molar-refractivity contribution in [1.29, 1.82) is 0 Å². The maximum atomic E-state index is 13.4. The molecule has 1 aliphatic rings. The van der Waals surface area contributed by atoms with Crippen LogP contribution in [-0.4, -0.2) is 75.6 Å². The predicted molar refractivity (Wildman–Crippen MR) is 110 cm³/mol. The lowest BCUT2D eigenvalue weighted by atomic mass is 10.2. The van der Waals surface area contributed by atoms with Crippen LogP contribution in [0.4, 0.5) is 5.69 Å². The highest BCUT2D eigenvalue weighted by atomic mass is 32.2. The second-order valence-electron chi connectivity index (χ2n) is 7.01. The number of nitro benzene ring substituents is 1. The first-order valence-corrected chi connectivity index (χ1v) is 11.5. The number of nitro groups is 1. The minimum atomic E-state index is -3.94. The van der Waals surface area contributed by atoms with Crippen molar-refractivity contribution in [2.45, 2.75) is 37.5 Å². The first-order valence-electron chi connectivity index (χ1n) is 10.0. The van der Waals surface area contributed by atoms with E-state index in [1.54, 1.807) is 0 Å². The summed E-state index contributed by atoms with van der Waals surface area (Å²) in [5, 5.41) is 11.2. The van der Waals surface area contributed by atoms with Crippen LogP contribution in [0.3, 0.4) is 0 Å². The van der Waals surface area contributed by atoms with Gasteiger partial charge < -0.3 is 9.47 Å². The van der Waals surface area contributed by atoms with Crippen molar-refractivity contribution in [3.05, 3.63) is 28.3 Å². The quantitative estimate of drug-likeness (QED) is 0.286. The Labute approximate surface area is 172 Å². The molecule has 1 saturated heterocycles. The van der Waals surface area contributed by atoms with Crippen molar-refractivity contribution >= 4 is 15.7 Å². The van der Waals surface area contributed by atoms with E-state index in [0.29, 0.717) is 32.8 Å². The highest BCUT2D eigenvalue weighted by Crippen LogP contribution is 2.30. The van der Waals surface area contributed by atoms with Crippen LogP contribution in [0.25, 0.3) is 0 Å². The van der Waals surface area contributed by atoms with E-state index in [1.807, 2.05) is 0 Å². The summed E-state index contributed by atoms with van der Waals surface area (Å²) in [6.07, 6.45) is 3.77. The van der Waals surface area contributed by atoms with Crippen LogP contribution in [0.5, 0.6) is 5.75 Å². The van der Waals surface area contributed by atoms with E-state index in [1.165, 1.54) is 23.5 Å². The minimum Gasteiger partial charge on any atom is -0.495 e. The van der Waals surface area contributed by atoms with E-state index in [9.17, 15) is 18.5 Å². The second-order valence-corrected chi connectivity index (χ2v) is 8.92. The molecule has 164 valence electrons. The Morgan fingerprint density at radius 1 is 1.21 bits per heavy atom. The number of rotatable bonds is 12. The molecule has 10 heteroatoms. The molecular weight excluding hydrogens is 398 g/mol. The molecule has 0 aliphatic carbocycles. The first-order chi connectivity index (χ1) is 13.9. The summed E-state index contributed by atoms with van der Waals surface area (Å²) in [6, 6.07) is 3.67. The molecule has 1 heterocycles. The second kappa shape index (κ2) is 11.4. The van der Waals surface area contributed by atoms with Gasteiger partial charge in [0.2, 0.25) is 10.0 Å². The molecule has 2 rings (SSSR count). The van der Waals surface area contributed by atoms with Gasteiger partial charge in [-0.2, -0.15) is 4.31 Å². The zero-order valence-corrected chi connectivity index (χ0v) is 18.0. The molecule has 0 saturated carbocycles. The molecule has 0 aromatic heterocycles. The number of nitrogens with zero attached hydrogens (tertiary/aromatic N) is 3. The van der Waals surface area contributed by atoms with Gasteiger partial charge in [0, 0.05) is 44.9 Å². The van der Waals surface area contributed by atoms with E-state index < -0.39 is 14.9 Å². The van der Waals surface area contributed by atoms with Gasteiger partial charge in [0.05, 0.1) is 25.2 Å². The van der Waals surface area contributed by atoms with E-state index in [4.69, 9.17) is 9.47 Å². The van der Waals surface area contributed by atoms with Crippen LogP contribution in [-0.2, 0) is 14.8 Å². The number of non-ortho nitro benzene ring substituents is 1. The average Bonchev–Trinajstić information content (AvgIpc) is 2.73. The average molecular weight is 430 g/mol. The van der Waals surface area contributed by atoms with E-state index in [0.717, 1.165) is 44.8 Å². The van der Waals surface area contributed by atoms with Crippen molar-refractivity contribution in [2.75, 3.05) is 53.0 Å². The van der Waals surface area contributed by atoms with Crippen LogP contribution in [0.2, 0.25) is 0 Å². The van der Waals surface area contributed by atoms with Crippen molar-refractivity contribution in [3.63, 3.8) is 0 Å². The lowest BCUT2D eigenvalue weighted by Crippen LogP contribution is -2.43. The molecular formula is C19H31N3O6S. The number of hydrogen-bond donors (Lipinski definition) is 0. The van der Waals surface area contributed by atoms with Crippen molar-refractivity contribution < 1.29 is 22.8 Å². The smallest absolute Gasteiger partial charge is 0.271 e. The molecule has 0 unspecified atom stereocenters. The number of unbranched alkanes of at least 4 members (excludes halogenated alkanes) is 3. The number of benzene rings is 1. The lowest BCUT2D eigenvalue weighted by Gasteiger charge is -2.30. The van der Waals surface area contributed by atoms with Crippen LogP contribution >= 0.6 is 0 Å². The van der Waals surface area contributed by atoms with Gasteiger partial charge >= 0.3 is 0 Å². The Balaban J connectivity index is 2.25. The van der Waals surface area contributed by atoms with Gasteiger partial charge in [0.15, 0.2) is 0 Å². The predicted octanol–water partition coefficient (Wildman–Crippen LogP) is 2.51. The van der Waals surface area contributed by atoms with Crippen LogP contribution in [0, 0.1) is 10.1 Å². The summed E-state index contributed by atoms with van der Waals surface area (Å²) in [6.45, 7) is 6.20. The monoisotopic (exact) mass is 429 g/mol. The minimum absolute atomic E-state index is 0.112. The highest BCUT2D eigenvalue weighted by Gasteiger charge is 2.30. The number of hydrogen-bond acceptors (Lipinski definition) is 7. The molecule has 0 bridgehead atoms. The zero-order chi connectivity index (χ0) is 21.3. The molecule has 1 aromatic carbocycles. The molecule has 0 N–H and O–H groups in total. The Kier molecular flexibility index (Phi) is 9.28. The van der Waals surface area contributed by atoms with Gasteiger partial charge in [-0.1, -0.05) is 26.2 Å². The Hall–Kier alpha value is -1.75. The fourth-order valence-electron chi connectivity index (χ4n) is 3.26. The molecule has 1 aromatic rings. The third-order valence-electron chi connectivity index (χ3n) is 5.01. The largest absolute Gasteiger partial charge is 0.495 e. The number of sulfonamides is 1. The van der Waals surface area contributed by atoms with Crippen molar-refractivity contribution in [3.8, 4) is 5.75 Å². The van der Waals surface area contributed by atoms with Gasteiger partial charge in [-0.25, -0.2) is 8.42 Å². The van der Waals surface area contributed by atoms with Gasteiger partial charge in [-0.05, 0) is 12.5 Å². The van der Waals surface area contributed by atoms with Gasteiger partial charge in [0.1, 0.15) is 10.6 Å². The van der Waals surface area contributed by atoms with Gasteiger partial charge in [-0.3, -0.25) is 15.0 Å². The number of morpholine rings is 1. The fraction of sp³-hybridized carbons (Fsp3) is 0.684. The normalized spacial score (nSPS) is 15.6. The topological polar surface area (TPSA) is 102 Å². The molecule has 0 atom stereocenters. The maximum Gasteiger partial charge on any atom is 0.271 e. The van der Waals surface area contributed by atoms with Crippen LogP contribution < -0.4 is 4.74 Å². The molecule has 0 radical (unpaired) electrons. The summed E-state index contributed by atoms with van der Waals surface area (Å²) in [5.74, 6) is 0.112. The molecule has 9 nitrogen and oxygen atoms in total. The third-order valence-corrected chi connectivity index (χ3v) is 6.93. The molecule has 1 aliphatic heterocycles. The van der Waals surface area contributed by atoms with E-state index in [-0.39, 0.29) is 16.3 Å². The van der Waals surface area contributed by atoms with Gasteiger partial charge in [-0.15, -0.1) is 0 Å². The SMILES string of the molecule is CCCCCCN(CCN1CCOCC1)S(=O)(=O)c1cc([N+](=O)[O-])ccc1OC. The molecule has 0 amide bonds. The molecule has 0 spiro atoms. The Bertz CT molecular complexity index is 765. The Morgan fingerprint density at radius 3 is 2.55 bits per heavy atom. The first kappa shape index (κ1) is 23.5. The van der Waals surface area contributed by atoms with Crippen LogP contribution in [0.1, 0.15) is 32.6 Å². The summed E-state index contributed by atoms with van der Waals surface area (Å²) in [4.78, 5) is 12.6. The lowest BCUT2D eigenvalue weighted by molar-refractivity contribution is -0.385. The van der Waals surface area contributed by atoms with Gasteiger partial charge in [0.25, 0.3) is 5.69 Å². The van der Waals surface area contributed by atoms with Crippen molar-refractivity contribution in [1.82, 2.24) is 9.21 Å². The molecule has 29 heavy (non-hydrogen) atoms. The summed E-state index contributed by atoms with van der Waals surface area (Å²) < 4.78 is 38.8. The third kappa shape index (κ3) is 6.63. The standard InChI is InChI=1S/C19H31N3O6S/c1-3-4-5-6-9-21(11-10-20-12-14-28-15-13-20)29(25,26)19-16-17(22(23)24)7-8-18(19)27-2/h7-8,16H,3-6,9-15H2,1-2H3. The number of methoxy groups -OCH3 is 1. The van der Waals surface area contributed by atoms with Crippen LogP contribution in [0.15, 0.2) is 23.1 Å². The summed E-state index contributed by atoms with van der Waals surface area (Å²) in [7, 11) is -2.58. The zero-order valence-electron chi connectivity index (χ0n) is 17.2. The highest BCUT2D eigenvalue weighted by molar-refractivity contribution is 7.89. The number of ether oxygens (including phenoxy) is 2. The van der Waals surface area contributed by atoms with E-state index in [2.05, 4.69) is 11.8 Å². The fourth-order valence-corrected chi connectivity index (χ4v) is 4.91. The summed E-state index contributed by atoms with van der Waals surface area (Å²) in [5.41, 5.74) is -0.275. The Morgan fingerprint density at radius 2 is 1.93 bits per heavy atom. The van der Waals surface area contributed by atoms with E-state index >= 15 is 0 Å². The maximum absolute atomic E-state index is 13.4.